The third-order valence-corrected chi connectivity index (χ3v) is 4.27. The van der Waals surface area contributed by atoms with Gasteiger partial charge in [0.1, 0.15) is 0 Å². The van der Waals surface area contributed by atoms with Gasteiger partial charge in [-0.1, -0.05) is 26.0 Å². The number of amides is 1. The number of benzene rings is 1. The molecule has 5 nitrogen and oxygen atoms in total. The highest BCUT2D eigenvalue weighted by atomic mass is 16.5. The van der Waals surface area contributed by atoms with Gasteiger partial charge in [-0.25, -0.2) is 0 Å². The van der Waals surface area contributed by atoms with E-state index in [0.717, 1.165) is 36.6 Å². The average molecular weight is 325 g/mol. The monoisotopic (exact) mass is 325 g/mol. The fraction of sp³-hybridized carbons (Fsp3) is 0.421. The first kappa shape index (κ1) is 16.6. The lowest BCUT2D eigenvalue weighted by Crippen LogP contribution is -2.29. The van der Waals surface area contributed by atoms with Crippen LogP contribution in [0.4, 0.5) is 0 Å². The van der Waals surface area contributed by atoms with Crippen molar-refractivity contribution in [3.05, 3.63) is 47.7 Å². The van der Waals surface area contributed by atoms with E-state index in [1.807, 2.05) is 36.4 Å². The molecular formula is C19H23N3O2. The molecule has 24 heavy (non-hydrogen) atoms. The van der Waals surface area contributed by atoms with Crippen LogP contribution in [0.1, 0.15) is 42.2 Å². The van der Waals surface area contributed by atoms with Gasteiger partial charge in [-0.3, -0.25) is 4.79 Å². The summed E-state index contributed by atoms with van der Waals surface area (Å²) in [5.74, 6) is 0.713. The molecule has 0 radical (unpaired) electrons. The molecule has 1 aromatic carbocycles. The van der Waals surface area contributed by atoms with E-state index in [1.165, 1.54) is 0 Å². The SMILES string of the molecule is CC(C)c1ccc(-c2cccc(C(=O)NC[C@@H]3CCOC3)c2)nn1. The van der Waals surface area contributed by atoms with E-state index in [2.05, 4.69) is 29.4 Å². The summed E-state index contributed by atoms with van der Waals surface area (Å²) < 4.78 is 5.33. The standard InChI is InChI=1S/C19H23N3O2/c1-13(2)17-6-7-18(22-21-17)15-4-3-5-16(10-15)19(23)20-11-14-8-9-24-12-14/h3-7,10,13-14H,8-9,11-12H2,1-2H3,(H,20,23)/t14-/m0/s1. The zero-order chi connectivity index (χ0) is 16.9. The summed E-state index contributed by atoms with van der Waals surface area (Å²) in [7, 11) is 0. The van der Waals surface area contributed by atoms with Crippen molar-refractivity contribution >= 4 is 5.91 Å². The van der Waals surface area contributed by atoms with Crippen molar-refractivity contribution in [3.8, 4) is 11.3 Å². The Kier molecular flexibility index (Phi) is 5.20. The van der Waals surface area contributed by atoms with Crippen molar-refractivity contribution in [1.82, 2.24) is 15.5 Å². The fourth-order valence-corrected chi connectivity index (χ4v) is 2.71. The Balaban J connectivity index is 1.69. The molecular weight excluding hydrogens is 302 g/mol. The minimum atomic E-state index is -0.0597. The lowest BCUT2D eigenvalue weighted by molar-refractivity contribution is 0.0945. The molecule has 0 saturated carbocycles. The molecule has 2 heterocycles. The van der Waals surface area contributed by atoms with Crippen LogP contribution in [0.3, 0.4) is 0 Å². The second kappa shape index (κ2) is 7.53. The highest BCUT2D eigenvalue weighted by Crippen LogP contribution is 2.20. The third-order valence-electron chi connectivity index (χ3n) is 4.27. The number of rotatable bonds is 5. The first-order chi connectivity index (χ1) is 11.6. The number of nitrogens with zero attached hydrogens (tertiary/aromatic N) is 2. The Morgan fingerprint density at radius 1 is 1.29 bits per heavy atom. The molecule has 1 saturated heterocycles. The smallest absolute Gasteiger partial charge is 0.251 e. The summed E-state index contributed by atoms with van der Waals surface area (Å²) in [6.07, 6.45) is 1.01. The van der Waals surface area contributed by atoms with Gasteiger partial charge < -0.3 is 10.1 Å². The minimum absolute atomic E-state index is 0.0597. The van der Waals surface area contributed by atoms with Gasteiger partial charge in [0, 0.05) is 30.2 Å². The van der Waals surface area contributed by atoms with Gasteiger partial charge in [-0.05, 0) is 36.6 Å². The van der Waals surface area contributed by atoms with Gasteiger partial charge in [-0.2, -0.15) is 10.2 Å². The van der Waals surface area contributed by atoms with Gasteiger partial charge in [0.25, 0.3) is 5.91 Å². The van der Waals surface area contributed by atoms with Crippen molar-refractivity contribution in [3.63, 3.8) is 0 Å². The number of nitrogens with one attached hydrogen (secondary N) is 1. The highest BCUT2D eigenvalue weighted by Gasteiger charge is 2.17. The van der Waals surface area contributed by atoms with Crippen molar-refractivity contribution in [1.29, 1.82) is 0 Å². The summed E-state index contributed by atoms with van der Waals surface area (Å²) in [5, 5.41) is 11.5. The molecule has 0 aliphatic carbocycles. The van der Waals surface area contributed by atoms with Crippen molar-refractivity contribution < 1.29 is 9.53 Å². The van der Waals surface area contributed by atoms with Crippen LogP contribution in [0.2, 0.25) is 0 Å². The molecule has 1 aliphatic rings. The zero-order valence-electron chi connectivity index (χ0n) is 14.2. The molecule has 1 aromatic heterocycles. The average Bonchev–Trinajstić information content (AvgIpc) is 3.13. The topological polar surface area (TPSA) is 64.1 Å². The summed E-state index contributed by atoms with van der Waals surface area (Å²) >= 11 is 0. The molecule has 1 atom stereocenters. The third kappa shape index (κ3) is 3.97. The van der Waals surface area contributed by atoms with Crippen LogP contribution in [-0.4, -0.2) is 35.9 Å². The predicted octanol–water partition coefficient (Wildman–Crippen LogP) is 3.03. The fourth-order valence-electron chi connectivity index (χ4n) is 2.71. The highest BCUT2D eigenvalue weighted by molar-refractivity contribution is 5.95. The van der Waals surface area contributed by atoms with Gasteiger partial charge in [-0.15, -0.1) is 0 Å². The minimum Gasteiger partial charge on any atom is -0.381 e. The lowest BCUT2D eigenvalue weighted by atomic mass is 10.1. The maximum Gasteiger partial charge on any atom is 0.251 e. The van der Waals surface area contributed by atoms with Gasteiger partial charge in [0.2, 0.25) is 0 Å². The molecule has 1 amide bonds. The number of hydrogen-bond acceptors (Lipinski definition) is 4. The number of carbonyl (C=O) groups excluding carboxylic acids is 1. The summed E-state index contributed by atoms with van der Waals surface area (Å²) in [6.45, 7) is 6.36. The van der Waals surface area contributed by atoms with Crippen LogP contribution in [-0.2, 0) is 4.74 Å². The van der Waals surface area contributed by atoms with Crippen LogP contribution in [0, 0.1) is 5.92 Å². The molecule has 5 heteroatoms. The van der Waals surface area contributed by atoms with E-state index < -0.39 is 0 Å². The van der Waals surface area contributed by atoms with E-state index in [1.54, 1.807) is 0 Å². The number of aromatic nitrogens is 2. The van der Waals surface area contributed by atoms with Crippen LogP contribution >= 0.6 is 0 Å². The maximum absolute atomic E-state index is 12.3. The molecule has 1 N–H and O–H groups in total. The molecule has 126 valence electrons. The zero-order valence-corrected chi connectivity index (χ0v) is 14.2. The molecule has 0 unspecified atom stereocenters. The first-order valence-corrected chi connectivity index (χ1v) is 8.43. The van der Waals surface area contributed by atoms with E-state index in [9.17, 15) is 4.79 Å². The van der Waals surface area contributed by atoms with Crippen molar-refractivity contribution in [2.75, 3.05) is 19.8 Å². The predicted molar refractivity (Wildman–Crippen MR) is 92.8 cm³/mol. The Labute approximate surface area is 142 Å². The molecule has 2 aromatic rings. The Morgan fingerprint density at radius 2 is 2.17 bits per heavy atom. The van der Waals surface area contributed by atoms with Crippen LogP contribution in [0.25, 0.3) is 11.3 Å². The van der Waals surface area contributed by atoms with Gasteiger partial charge in [0.05, 0.1) is 18.0 Å². The summed E-state index contributed by atoms with van der Waals surface area (Å²) in [5.41, 5.74) is 3.28. The van der Waals surface area contributed by atoms with E-state index in [0.29, 0.717) is 23.9 Å². The Morgan fingerprint density at radius 3 is 2.83 bits per heavy atom. The van der Waals surface area contributed by atoms with Crippen LogP contribution in [0.15, 0.2) is 36.4 Å². The number of carbonyl (C=O) groups is 1. The van der Waals surface area contributed by atoms with Gasteiger partial charge >= 0.3 is 0 Å². The van der Waals surface area contributed by atoms with Crippen molar-refractivity contribution in [2.45, 2.75) is 26.2 Å². The van der Waals surface area contributed by atoms with E-state index >= 15 is 0 Å². The van der Waals surface area contributed by atoms with Crippen molar-refractivity contribution in [2.24, 2.45) is 5.92 Å². The normalized spacial score (nSPS) is 17.2. The first-order valence-electron chi connectivity index (χ1n) is 8.43. The van der Waals surface area contributed by atoms with Gasteiger partial charge in [0.15, 0.2) is 0 Å². The number of ether oxygens (including phenoxy) is 1. The Hall–Kier alpha value is -2.27. The number of hydrogen-bond donors (Lipinski definition) is 1. The molecule has 0 bridgehead atoms. The molecule has 1 aliphatic heterocycles. The molecule has 3 rings (SSSR count). The van der Waals surface area contributed by atoms with Crippen LogP contribution in [0.5, 0.6) is 0 Å². The molecule has 1 fully saturated rings. The maximum atomic E-state index is 12.3. The molecule has 0 spiro atoms. The Bertz CT molecular complexity index is 692. The van der Waals surface area contributed by atoms with E-state index in [4.69, 9.17) is 4.74 Å². The quantitative estimate of drug-likeness (QED) is 0.918. The lowest BCUT2D eigenvalue weighted by Gasteiger charge is -2.10. The summed E-state index contributed by atoms with van der Waals surface area (Å²) in [4.78, 5) is 12.3. The second-order valence-electron chi connectivity index (χ2n) is 6.52. The summed E-state index contributed by atoms with van der Waals surface area (Å²) in [6, 6.07) is 11.4. The van der Waals surface area contributed by atoms with E-state index in [-0.39, 0.29) is 5.91 Å². The van der Waals surface area contributed by atoms with Crippen LogP contribution < -0.4 is 5.32 Å². The largest absolute Gasteiger partial charge is 0.381 e. The second-order valence-corrected chi connectivity index (χ2v) is 6.52.